The van der Waals surface area contributed by atoms with E-state index < -0.39 is 0 Å². The minimum atomic E-state index is 0.222. The third kappa shape index (κ3) is 5.42. The maximum atomic E-state index is 12.2. The molecule has 3 rings (SSSR count). The van der Waals surface area contributed by atoms with Crippen molar-refractivity contribution in [2.75, 3.05) is 19.6 Å². The summed E-state index contributed by atoms with van der Waals surface area (Å²) in [5, 5.41) is 0.676. The van der Waals surface area contributed by atoms with Crippen LogP contribution < -0.4 is 0 Å². The van der Waals surface area contributed by atoms with Crippen molar-refractivity contribution in [2.45, 2.75) is 38.0 Å². The summed E-state index contributed by atoms with van der Waals surface area (Å²) in [6.07, 6.45) is 5.17. The van der Waals surface area contributed by atoms with Crippen LogP contribution in [0.1, 0.15) is 53.9 Å². The third-order valence-electron chi connectivity index (χ3n) is 5.15. The summed E-state index contributed by atoms with van der Waals surface area (Å²) in [6.45, 7) is 3.45. The van der Waals surface area contributed by atoms with E-state index in [0.717, 1.165) is 24.9 Å². The van der Waals surface area contributed by atoms with Crippen LogP contribution in [-0.4, -0.2) is 30.3 Å². The van der Waals surface area contributed by atoms with Crippen LogP contribution in [0, 0.1) is 0 Å². The molecule has 132 valence electrons. The lowest BCUT2D eigenvalue weighted by atomic mass is 9.89. The van der Waals surface area contributed by atoms with Crippen LogP contribution in [-0.2, 0) is 0 Å². The molecule has 0 amide bonds. The summed E-state index contributed by atoms with van der Waals surface area (Å²) in [4.78, 5) is 14.7. The largest absolute Gasteiger partial charge is 0.303 e. The van der Waals surface area contributed by atoms with E-state index in [0.29, 0.717) is 17.4 Å². The van der Waals surface area contributed by atoms with Crippen LogP contribution in [0.25, 0.3) is 0 Å². The average Bonchev–Trinajstić information content (AvgIpc) is 2.67. The molecule has 2 nitrogen and oxygen atoms in total. The molecule has 0 unspecified atom stereocenters. The summed E-state index contributed by atoms with van der Waals surface area (Å²) in [6, 6.07) is 18.1. The predicted molar refractivity (Wildman–Crippen MR) is 104 cm³/mol. The number of nitrogens with zero attached hydrogens (tertiary/aromatic N) is 1. The lowest BCUT2D eigenvalue weighted by Crippen LogP contribution is -2.33. The predicted octanol–water partition coefficient (Wildman–Crippen LogP) is 5.57. The highest BCUT2D eigenvalue weighted by molar-refractivity contribution is 6.30. The van der Waals surface area contributed by atoms with E-state index in [1.165, 1.54) is 31.5 Å². The number of ketones is 1. The Hall–Kier alpha value is -1.64. The molecule has 3 heteroatoms. The quantitative estimate of drug-likeness (QED) is 0.477. The first-order chi connectivity index (χ1) is 12.2. The zero-order valence-corrected chi connectivity index (χ0v) is 15.4. The molecule has 0 radical (unpaired) electrons. The monoisotopic (exact) mass is 355 g/mol. The van der Waals surface area contributed by atoms with Gasteiger partial charge in [0.15, 0.2) is 5.78 Å². The summed E-state index contributed by atoms with van der Waals surface area (Å²) < 4.78 is 0. The number of piperidine rings is 1. The molecule has 0 atom stereocenters. The normalized spacial score (nSPS) is 16.0. The first kappa shape index (κ1) is 18.2. The van der Waals surface area contributed by atoms with Crippen molar-refractivity contribution in [2.24, 2.45) is 0 Å². The van der Waals surface area contributed by atoms with Gasteiger partial charge in [-0.05, 0) is 81.1 Å². The average molecular weight is 356 g/mol. The van der Waals surface area contributed by atoms with Crippen LogP contribution in [0.3, 0.4) is 0 Å². The number of benzene rings is 2. The second kappa shape index (κ2) is 9.17. The summed E-state index contributed by atoms with van der Waals surface area (Å²) in [5.41, 5.74) is 2.25. The molecule has 0 saturated carbocycles. The van der Waals surface area contributed by atoms with Crippen molar-refractivity contribution in [3.05, 3.63) is 70.7 Å². The Morgan fingerprint density at radius 2 is 1.64 bits per heavy atom. The van der Waals surface area contributed by atoms with Gasteiger partial charge in [0.1, 0.15) is 0 Å². The number of halogens is 1. The molecule has 1 heterocycles. The molecule has 2 aromatic rings. The fourth-order valence-electron chi connectivity index (χ4n) is 3.62. The molecule has 0 bridgehead atoms. The lowest BCUT2D eigenvalue weighted by Gasteiger charge is -2.32. The maximum absolute atomic E-state index is 12.2. The van der Waals surface area contributed by atoms with E-state index in [9.17, 15) is 4.79 Å². The Morgan fingerprint density at radius 3 is 2.32 bits per heavy atom. The van der Waals surface area contributed by atoms with Gasteiger partial charge in [-0.3, -0.25) is 4.79 Å². The first-order valence-corrected chi connectivity index (χ1v) is 9.66. The van der Waals surface area contributed by atoms with E-state index in [4.69, 9.17) is 11.6 Å². The molecule has 0 spiro atoms. The third-order valence-corrected chi connectivity index (χ3v) is 5.40. The first-order valence-electron chi connectivity index (χ1n) is 9.28. The lowest BCUT2D eigenvalue weighted by molar-refractivity contribution is 0.0977. The Balaban J connectivity index is 1.34. The van der Waals surface area contributed by atoms with Gasteiger partial charge in [-0.1, -0.05) is 41.9 Å². The Bertz CT molecular complexity index is 660. The SMILES string of the molecule is O=C(CCCCN1CCC(c2ccccc2)CC1)c1ccc(Cl)cc1. The molecular weight excluding hydrogens is 330 g/mol. The number of carbonyl (C=O) groups excluding carboxylic acids is 1. The van der Waals surface area contributed by atoms with Gasteiger partial charge in [-0.25, -0.2) is 0 Å². The summed E-state index contributed by atoms with van der Waals surface area (Å²) in [7, 11) is 0. The second-order valence-corrected chi connectivity index (χ2v) is 7.35. The smallest absolute Gasteiger partial charge is 0.162 e. The highest BCUT2D eigenvalue weighted by Crippen LogP contribution is 2.27. The Labute approximate surface area is 155 Å². The number of Topliss-reactive ketones (excluding diaryl/α,β-unsaturated/α-hetero) is 1. The number of hydrogen-bond donors (Lipinski definition) is 0. The van der Waals surface area contributed by atoms with E-state index >= 15 is 0 Å². The molecule has 1 aliphatic heterocycles. The molecule has 1 saturated heterocycles. The molecule has 1 fully saturated rings. The fraction of sp³-hybridized carbons (Fsp3) is 0.409. The standard InChI is InChI=1S/C22H26ClNO/c23-21-11-9-20(10-12-21)22(25)8-4-5-15-24-16-13-19(14-17-24)18-6-2-1-3-7-18/h1-3,6-7,9-12,19H,4-5,8,13-17H2. The minimum absolute atomic E-state index is 0.222. The van der Waals surface area contributed by atoms with Gasteiger partial charge in [0.2, 0.25) is 0 Å². The van der Waals surface area contributed by atoms with Gasteiger partial charge in [0.25, 0.3) is 0 Å². The molecule has 0 aromatic heterocycles. The van der Waals surface area contributed by atoms with Crippen molar-refractivity contribution in [3.63, 3.8) is 0 Å². The van der Waals surface area contributed by atoms with Crippen LogP contribution in [0.2, 0.25) is 5.02 Å². The molecular formula is C22H26ClNO. The molecule has 2 aromatic carbocycles. The van der Waals surface area contributed by atoms with E-state index in [2.05, 4.69) is 35.2 Å². The Kier molecular flexibility index (Phi) is 6.66. The Morgan fingerprint density at radius 1 is 0.960 bits per heavy atom. The fourth-order valence-corrected chi connectivity index (χ4v) is 3.74. The topological polar surface area (TPSA) is 20.3 Å². The van der Waals surface area contributed by atoms with Gasteiger partial charge in [-0.2, -0.15) is 0 Å². The van der Waals surface area contributed by atoms with E-state index in [1.54, 1.807) is 12.1 Å². The van der Waals surface area contributed by atoms with E-state index in [-0.39, 0.29) is 5.78 Å². The number of rotatable bonds is 7. The zero-order valence-electron chi connectivity index (χ0n) is 14.7. The molecule has 0 aliphatic carbocycles. The highest BCUT2D eigenvalue weighted by Gasteiger charge is 2.19. The van der Waals surface area contributed by atoms with Gasteiger partial charge < -0.3 is 4.90 Å². The van der Waals surface area contributed by atoms with Crippen molar-refractivity contribution in [1.29, 1.82) is 0 Å². The minimum Gasteiger partial charge on any atom is -0.303 e. The molecule has 25 heavy (non-hydrogen) atoms. The van der Waals surface area contributed by atoms with Crippen molar-refractivity contribution < 1.29 is 4.79 Å². The van der Waals surface area contributed by atoms with Crippen molar-refractivity contribution in [1.82, 2.24) is 4.90 Å². The van der Waals surface area contributed by atoms with Crippen molar-refractivity contribution >= 4 is 17.4 Å². The summed E-state index contributed by atoms with van der Waals surface area (Å²) in [5.74, 6) is 0.934. The van der Waals surface area contributed by atoms with E-state index in [1.807, 2.05) is 12.1 Å². The number of unbranched alkanes of at least 4 members (excludes halogenated alkanes) is 1. The molecule has 0 N–H and O–H groups in total. The van der Waals surface area contributed by atoms with Gasteiger partial charge in [-0.15, -0.1) is 0 Å². The number of hydrogen-bond acceptors (Lipinski definition) is 2. The van der Waals surface area contributed by atoms with Crippen molar-refractivity contribution in [3.8, 4) is 0 Å². The van der Waals surface area contributed by atoms with Crippen LogP contribution in [0.15, 0.2) is 54.6 Å². The summed E-state index contributed by atoms with van der Waals surface area (Å²) >= 11 is 5.86. The van der Waals surface area contributed by atoms with Crippen LogP contribution >= 0.6 is 11.6 Å². The molecule has 1 aliphatic rings. The van der Waals surface area contributed by atoms with Crippen LogP contribution in [0.4, 0.5) is 0 Å². The maximum Gasteiger partial charge on any atom is 0.162 e. The van der Waals surface area contributed by atoms with Gasteiger partial charge >= 0.3 is 0 Å². The second-order valence-electron chi connectivity index (χ2n) is 6.91. The van der Waals surface area contributed by atoms with Gasteiger partial charge in [0, 0.05) is 17.0 Å². The zero-order chi connectivity index (χ0) is 17.5. The van der Waals surface area contributed by atoms with Gasteiger partial charge in [0.05, 0.1) is 0 Å². The number of carbonyl (C=O) groups is 1. The number of likely N-dealkylation sites (tertiary alicyclic amines) is 1. The highest BCUT2D eigenvalue weighted by atomic mass is 35.5. The van der Waals surface area contributed by atoms with Crippen LogP contribution in [0.5, 0.6) is 0 Å².